The molecular weight excluding hydrogens is 411 g/mol. The summed E-state index contributed by atoms with van der Waals surface area (Å²) in [5.74, 6) is -0.341. The molecule has 0 atom stereocenters. The van der Waals surface area contributed by atoms with Gasteiger partial charge in [-0.3, -0.25) is 9.69 Å². The molecule has 5 heteroatoms. The first-order valence-corrected chi connectivity index (χ1v) is 11.0. The molecule has 4 rings (SSSR count). The van der Waals surface area contributed by atoms with Crippen molar-refractivity contribution in [3.8, 4) is 0 Å². The number of benzene rings is 3. The summed E-state index contributed by atoms with van der Waals surface area (Å²) in [7, 11) is 0. The molecule has 0 unspecified atom stereocenters. The number of carbonyl (C=O) groups excluding carboxylic acids is 1. The van der Waals surface area contributed by atoms with E-state index in [9.17, 15) is 9.18 Å². The zero-order valence-electron chi connectivity index (χ0n) is 17.6. The number of amides is 1. The summed E-state index contributed by atoms with van der Waals surface area (Å²) >= 11 is 5.99. The number of aryl methyl sites for hydroxylation is 1. The molecule has 0 spiro atoms. The molecule has 1 amide bonds. The molecule has 160 valence electrons. The maximum atomic E-state index is 13.5. The van der Waals surface area contributed by atoms with Crippen LogP contribution in [0.15, 0.2) is 72.8 Å². The Morgan fingerprint density at radius 2 is 1.58 bits per heavy atom. The quantitative estimate of drug-likeness (QED) is 0.482. The normalized spacial score (nSPS) is 15.1. The lowest BCUT2D eigenvalue weighted by Gasteiger charge is -2.38. The van der Waals surface area contributed by atoms with E-state index in [-0.39, 0.29) is 17.8 Å². The van der Waals surface area contributed by atoms with Crippen LogP contribution in [0.3, 0.4) is 0 Å². The monoisotopic (exact) mass is 436 g/mol. The largest absolute Gasteiger partial charge is 0.305 e. The molecule has 0 aliphatic carbocycles. The average molecular weight is 437 g/mol. The Morgan fingerprint density at radius 3 is 2.19 bits per heavy atom. The molecule has 1 aliphatic heterocycles. The predicted molar refractivity (Wildman–Crippen MR) is 124 cm³/mol. The second-order valence-corrected chi connectivity index (χ2v) is 8.59. The van der Waals surface area contributed by atoms with Crippen molar-refractivity contribution in [2.45, 2.75) is 32.4 Å². The van der Waals surface area contributed by atoms with Crippen molar-refractivity contribution in [3.05, 3.63) is 100 Å². The highest BCUT2D eigenvalue weighted by atomic mass is 35.5. The Hall–Kier alpha value is -2.69. The van der Waals surface area contributed by atoms with Crippen molar-refractivity contribution in [1.82, 2.24) is 4.90 Å². The lowest BCUT2D eigenvalue weighted by atomic mass is 10.00. The van der Waals surface area contributed by atoms with Gasteiger partial charge in [0.1, 0.15) is 5.82 Å². The van der Waals surface area contributed by atoms with Crippen molar-refractivity contribution in [2.24, 2.45) is 0 Å². The molecule has 0 aromatic heterocycles. The van der Waals surface area contributed by atoms with Crippen molar-refractivity contribution in [1.29, 1.82) is 0 Å². The van der Waals surface area contributed by atoms with Gasteiger partial charge in [-0.1, -0.05) is 41.4 Å². The van der Waals surface area contributed by atoms with Gasteiger partial charge >= 0.3 is 0 Å². The maximum absolute atomic E-state index is 13.5. The van der Waals surface area contributed by atoms with E-state index >= 15 is 0 Å². The van der Waals surface area contributed by atoms with Gasteiger partial charge < -0.3 is 4.90 Å². The number of nitrogens with zero attached hydrogens (tertiary/aromatic N) is 2. The molecule has 0 bridgehead atoms. The molecule has 1 saturated heterocycles. The Kier molecular flexibility index (Phi) is 6.69. The fraction of sp³-hybridized carbons (Fsp3) is 0.269. The van der Waals surface area contributed by atoms with Crippen LogP contribution < -0.4 is 4.90 Å². The molecule has 3 aromatic carbocycles. The van der Waals surface area contributed by atoms with E-state index in [0.29, 0.717) is 5.56 Å². The third-order valence-electron chi connectivity index (χ3n) is 5.86. The van der Waals surface area contributed by atoms with Crippen molar-refractivity contribution in [2.75, 3.05) is 18.0 Å². The van der Waals surface area contributed by atoms with Crippen LogP contribution in [-0.2, 0) is 6.54 Å². The fourth-order valence-corrected chi connectivity index (χ4v) is 4.24. The zero-order valence-corrected chi connectivity index (χ0v) is 18.4. The van der Waals surface area contributed by atoms with Crippen LogP contribution in [0.25, 0.3) is 0 Å². The first-order chi connectivity index (χ1) is 15.0. The van der Waals surface area contributed by atoms with E-state index in [4.69, 9.17) is 11.6 Å². The molecule has 0 saturated carbocycles. The summed E-state index contributed by atoms with van der Waals surface area (Å²) in [6, 6.07) is 21.9. The van der Waals surface area contributed by atoms with Crippen LogP contribution in [0.4, 0.5) is 10.1 Å². The number of anilines is 1. The topological polar surface area (TPSA) is 23.6 Å². The number of hydrogen-bond acceptors (Lipinski definition) is 2. The van der Waals surface area contributed by atoms with Crippen molar-refractivity contribution >= 4 is 23.2 Å². The van der Waals surface area contributed by atoms with Gasteiger partial charge in [0.15, 0.2) is 0 Å². The second-order valence-electron chi connectivity index (χ2n) is 8.15. The third kappa shape index (κ3) is 5.33. The average Bonchev–Trinajstić information content (AvgIpc) is 2.78. The first-order valence-electron chi connectivity index (χ1n) is 10.6. The van der Waals surface area contributed by atoms with E-state index in [0.717, 1.165) is 48.7 Å². The molecule has 1 heterocycles. The van der Waals surface area contributed by atoms with Gasteiger partial charge in [-0.2, -0.15) is 0 Å². The molecule has 1 aliphatic rings. The highest BCUT2D eigenvalue weighted by molar-refractivity contribution is 6.30. The van der Waals surface area contributed by atoms with Gasteiger partial charge in [-0.15, -0.1) is 0 Å². The van der Waals surface area contributed by atoms with E-state index in [2.05, 4.69) is 17.0 Å². The van der Waals surface area contributed by atoms with Crippen LogP contribution in [0, 0.1) is 12.7 Å². The Bertz CT molecular complexity index is 1010. The van der Waals surface area contributed by atoms with E-state index in [1.165, 1.54) is 17.7 Å². The summed E-state index contributed by atoms with van der Waals surface area (Å²) in [5, 5.41) is 0.743. The number of piperidine rings is 1. The highest BCUT2D eigenvalue weighted by Gasteiger charge is 2.30. The Balaban J connectivity index is 1.50. The summed E-state index contributed by atoms with van der Waals surface area (Å²) in [4.78, 5) is 17.7. The van der Waals surface area contributed by atoms with Crippen LogP contribution >= 0.6 is 11.6 Å². The molecule has 0 radical (unpaired) electrons. The maximum Gasteiger partial charge on any atom is 0.258 e. The molecule has 1 fully saturated rings. The minimum absolute atomic E-state index is 0.0391. The highest BCUT2D eigenvalue weighted by Crippen LogP contribution is 2.27. The van der Waals surface area contributed by atoms with Crippen LogP contribution in [0.2, 0.25) is 5.02 Å². The predicted octanol–water partition coefficient (Wildman–Crippen LogP) is 6.10. The van der Waals surface area contributed by atoms with E-state index < -0.39 is 0 Å². The van der Waals surface area contributed by atoms with Gasteiger partial charge in [0, 0.05) is 41.9 Å². The second kappa shape index (κ2) is 9.63. The minimum Gasteiger partial charge on any atom is -0.305 e. The molecular formula is C26H26ClFN2O. The molecule has 3 nitrogen and oxygen atoms in total. The summed E-state index contributed by atoms with van der Waals surface area (Å²) in [5.41, 5.74) is 3.73. The lowest BCUT2D eigenvalue weighted by molar-refractivity contribution is 0.0958. The SMILES string of the molecule is Cc1ccc(C(=O)N(c2ccc(F)cc2)C2CCN(Cc3ccc(Cl)cc3)CC2)cc1. The molecule has 31 heavy (non-hydrogen) atoms. The summed E-state index contributed by atoms with van der Waals surface area (Å²) < 4.78 is 13.5. The fourth-order valence-electron chi connectivity index (χ4n) is 4.11. The first kappa shape index (κ1) is 21.5. The summed E-state index contributed by atoms with van der Waals surface area (Å²) in [6.07, 6.45) is 1.73. The smallest absolute Gasteiger partial charge is 0.258 e. The number of rotatable bonds is 5. The standard InChI is InChI=1S/C26H26ClFN2O/c1-19-2-6-21(7-3-19)26(31)30(24-12-10-23(28)11-13-24)25-14-16-29(17-15-25)18-20-4-8-22(27)9-5-20/h2-13,25H,14-18H2,1H3. The number of likely N-dealkylation sites (tertiary alicyclic amines) is 1. The summed E-state index contributed by atoms with van der Waals surface area (Å²) in [6.45, 7) is 4.66. The number of halogens is 2. The van der Waals surface area contributed by atoms with Crippen molar-refractivity contribution < 1.29 is 9.18 Å². The van der Waals surface area contributed by atoms with Gasteiger partial charge in [0.25, 0.3) is 5.91 Å². The number of hydrogen-bond donors (Lipinski definition) is 0. The molecule has 3 aromatic rings. The Morgan fingerprint density at radius 1 is 0.968 bits per heavy atom. The number of carbonyl (C=O) groups is 1. The molecule has 0 N–H and O–H groups in total. The van der Waals surface area contributed by atoms with Crippen LogP contribution in [0.1, 0.15) is 34.3 Å². The van der Waals surface area contributed by atoms with E-state index in [1.54, 1.807) is 12.1 Å². The van der Waals surface area contributed by atoms with Gasteiger partial charge in [-0.25, -0.2) is 4.39 Å². The van der Waals surface area contributed by atoms with Crippen LogP contribution in [-0.4, -0.2) is 29.9 Å². The van der Waals surface area contributed by atoms with Gasteiger partial charge in [0.2, 0.25) is 0 Å². The van der Waals surface area contributed by atoms with Crippen molar-refractivity contribution in [3.63, 3.8) is 0 Å². The van der Waals surface area contributed by atoms with Crippen LogP contribution in [0.5, 0.6) is 0 Å². The van der Waals surface area contributed by atoms with Gasteiger partial charge in [0.05, 0.1) is 0 Å². The lowest BCUT2D eigenvalue weighted by Crippen LogP contribution is -2.47. The van der Waals surface area contributed by atoms with Gasteiger partial charge in [-0.05, 0) is 73.9 Å². The Labute approximate surface area is 188 Å². The third-order valence-corrected chi connectivity index (χ3v) is 6.12. The minimum atomic E-state index is -0.302. The van der Waals surface area contributed by atoms with E-state index in [1.807, 2.05) is 48.2 Å². The zero-order chi connectivity index (χ0) is 21.8.